The van der Waals surface area contributed by atoms with Crippen LogP contribution in [0.3, 0.4) is 0 Å². The predicted molar refractivity (Wildman–Crippen MR) is 76.0 cm³/mol. The number of rotatable bonds is 3. The van der Waals surface area contributed by atoms with E-state index < -0.39 is 5.97 Å². The van der Waals surface area contributed by atoms with Crippen LogP contribution in [0.1, 0.15) is 5.56 Å². The fraction of sp³-hybridized carbons (Fsp3) is 0.0769. The van der Waals surface area contributed by atoms with Crippen molar-refractivity contribution < 1.29 is 9.90 Å². The number of carboxylic acid groups (broad SMARTS) is 1. The molecule has 1 aromatic heterocycles. The van der Waals surface area contributed by atoms with Crippen molar-refractivity contribution in [2.45, 2.75) is 6.42 Å². The maximum absolute atomic E-state index is 10.8. The fourth-order valence-corrected chi connectivity index (χ4v) is 2.42. The van der Waals surface area contributed by atoms with E-state index in [2.05, 4.69) is 4.98 Å². The largest absolute Gasteiger partial charge is 0.481 e. The lowest BCUT2D eigenvalue weighted by Crippen LogP contribution is -2.01. The number of pyridine rings is 1. The van der Waals surface area contributed by atoms with Crippen LogP contribution >= 0.6 is 34.8 Å². The van der Waals surface area contributed by atoms with E-state index in [4.69, 9.17) is 39.9 Å². The molecule has 0 radical (unpaired) electrons. The van der Waals surface area contributed by atoms with E-state index in [1.165, 1.54) is 6.20 Å². The predicted octanol–water partition coefficient (Wildman–Crippen LogP) is 4.34. The molecule has 0 amide bonds. The molecule has 1 aromatic carbocycles. The Bertz CT molecular complexity index is 624. The summed E-state index contributed by atoms with van der Waals surface area (Å²) in [5.74, 6) is -0.968. The first-order chi connectivity index (χ1) is 8.99. The summed E-state index contributed by atoms with van der Waals surface area (Å²) in [6, 6.07) is 6.69. The van der Waals surface area contributed by atoms with Crippen LogP contribution in [-0.2, 0) is 11.2 Å². The van der Waals surface area contributed by atoms with Gasteiger partial charge in [0.15, 0.2) is 0 Å². The third-order valence-corrected chi connectivity index (χ3v) is 3.47. The summed E-state index contributed by atoms with van der Waals surface area (Å²) in [5.41, 5.74) is 1.53. The quantitative estimate of drug-likeness (QED) is 0.916. The molecule has 0 spiro atoms. The Morgan fingerprint density at radius 2 is 1.79 bits per heavy atom. The maximum atomic E-state index is 10.8. The molecule has 0 aliphatic carbocycles. The molecule has 0 bridgehead atoms. The SMILES string of the molecule is O=C(O)Cc1cc(-c2c(Cl)cccc2Cl)ncc1Cl. The summed E-state index contributed by atoms with van der Waals surface area (Å²) in [6.45, 7) is 0. The third kappa shape index (κ3) is 3.18. The number of nitrogens with zero attached hydrogens (tertiary/aromatic N) is 1. The number of aromatic nitrogens is 1. The van der Waals surface area contributed by atoms with Crippen LogP contribution in [0.5, 0.6) is 0 Å². The lowest BCUT2D eigenvalue weighted by Gasteiger charge is -2.08. The third-order valence-electron chi connectivity index (χ3n) is 2.50. The lowest BCUT2D eigenvalue weighted by atomic mass is 10.1. The Labute approximate surface area is 124 Å². The minimum Gasteiger partial charge on any atom is -0.481 e. The highest BCUT2D eigenvalue weighted by Gasteiger charge is 2.13. The van der Waals surface area contributed by atoms with Crippen molar-refractivity contribution in [1.29, 1.82) is 0 Å². The number of halogens is 3. The average Bonchev–Trinajstić information content (AvgIpc) is 2.32. The van der Waals surface area contributed by atoms with Gasteiger partial charge in [-0.2, -0.15) is 0 Å². The summed E-state index contributed by atoms with van der Waals surface area (Å²) < 4.78 is 0. The van der Waals surface area contributed by atoms with Crippen LogP contribution in [0, 0.1) is 0 Å². The van der Waals surface area contributed by atoms with Crippen LogP contribution in [0.2, 0.25) is 15.1 Å². The minimum atomic E-state index is -0.968. The molecule has 2 aromatic rings. The minimum absolute atomic E-state index is 0.184. The molecule has 0 saturated carbocycles. The lowest BCUT2D eigenvalue weighted by molar-refractivity contribution is -0.136. The second-order valence-electron chi connectivity index (χ2n) is 3.83. The second kappa shape index (κ2) is 5.78. The van der Waals surface area contributed by atoms with Gasteiger partial charge in [0.1, 0.15) is 0 Å². The van der Waals surface area contributed by atoms with Crippen LogP contribution in [0.4, 0.5) is 0 Å². The van der Waals surface area contributed by atoms with E-state index in [0.717, 1.165) is 0 Å². The molecular formula is C13H8Cl3NO2. The highest BCUT2D eigenvalue weighted by molar-refractivity contribution is 6.39. The van der Waals surface area contributed by atoms with Gasteiger partial charge >= 0.3 is 5.97 Å². The van der Waals surface area contributed by atoms with Gasteiger partial charge in [0, 0.05) is 11.8 Å². The topological polar surface area (TPSA) is 50.2 Å². The summed E-state index contributed by atoms with van der Waals surface area (Å²) in [4.78, 5) is 14.9. The van der Waals surface area contributed by atoms with Gasteiger partial charge in [-0.1, -0.05) is 40.9 Å². The first-order valence-electron chi connectivity index (χ1n) is 5.29. The number of hydrogen-bond donors (Lipinski definition) is 1. The zero-order chi connectivity index (χ0) is 14.0. The normalized spacial score (nSPS) is 10.5. The first kappa shape index (κ1) is 14.1. The van der Waals surface area contributed by atoms with E-state index in [1.54, 1.807) is 24.3 Å². The standard InChI is InChI=1S/C13H8Cl3NO2/c14-8-2-1-3-9(15)13(8)11-4-7(5-12(18)19)10(16)6-17-11/h1-4,6H,5H2,(H,18,19). The van der Waals surface area contributed by atoms with Crippen molar-refractivity contribution in [3.8, 4) is 11.3 Å². The molecule has 0 saturated heterocycles. The van der Waals surface area contributed by atoms with E-state index in [9.17, 15) is 4.79 Å². The second-order valence-corrected chi connectivity index (χ2v) is 5.05. The van der Waals surface area contributed by atoms with Gasteiger partial charge in [-0.25, -0.2) is 0 Å². The Morgan fingerprint density at radius 1 is 1.16 bits per heavy atom. The molecule has 1 N–H and O–H groups in total. The summed E-state index contributed by atoms with van der Waals surface area (Å²) in [6.07, 6.45) is 1.21. The van der Waals surface area contributed by atoms with E-state index in [1.807, 2.05) is 0 Å². The highest BCUT2D eigenvalue weighted by Crippen LogP contribution is 2.34. The molecule has 0 unspecified atom stereocenters. The Kier molecular flexibility index (Phi) is 4.30. The Balaban J connectivity index is 2.54. The van der Waals surface area contributed by atoms with Gasteiger partial charge in [0.2, 0.25) is 0 Å². The van der Waals surface area contributed by atoms with Crippen molar-refractivity contribution in [3.63, 3.8) is 0 Å². The van der Waals surface area contributed by atoms with Gasteiger partial charge in [-0.05, 0) is 23.8 Å². The number of aliphatic carboxylic acids is 1. The molecule has 0 fully saturated rings. The van der Waals surface area contributed by atoms with Crippen molar-refractivity contribution >= 4 is 40.8 Å². The van der Waals surface area contributed by atoms with E-state index in [0.29, 0.717) is 31.9 Å². The molecule has 6 heteroatoms. The van der Waals surface area contributed by atoms with Crippen molar-refractivity contribution in [3.05, 3.63) is 51.1 Å². The summed E-state index contributed by atoms with van der Waals surface area (Å²) in [7, 11) is 0. The molecule has 1 heterocycles. The molecule has 19 heavy (non-hydrogen) atoms. The van der Waals surface area contributed by atoms with Gasteiger partial charge in [0.25, 0.3) is 0 Å². The molecule has 3 nitrogen and oxygen atoms in total. The molecule has 0 aliphatic rings. The van der Waals surface area contributed by atoms with E-state index >= 15 is 0 Å². The Hall–Kier alpha value is -1.29. The van der Waals surface area contributed by atoms with Gasteiger partial charge in [-0.15, -0.1) is 0 Å². The first-order valence-corrected chi connectivity index (χ1v) is 6.43. The number of carbonyl (C=O) groups is 1. The monoisotopic (exact) mass is 315 g/mol. The van der Waals surface area contributed by atoms with Crippen molar-refractivity contribution in [2.75, 3.05) is 0 Å². The van der Waals surface area contributed by atoms with Crippen molar-refractivity contribution in [2.24, 2.45) is 0 Å². The molecule has 98 valence electrons. The fourth-order valence-electron chi connectivity index (χ4n) is 1.66. The summed E-state index contributed by atoms with van der Waals surface area (Å²) in [5, 5.41) is 10.0. The van der Waals surface area contributed by atoms with Crippen LogP contribution in [-0.4, -0.2) is 16.1 Å². The number of hydrogen-bond acceptors (Lipinski definition) is 2. The van der Waals surface area contributed by atoms with Crippen LogP contribution in [0.15, 0.2) is 30.5 Å². The molecule has 2 rings (SSSR count). The van der Waals surface area contributed by atoms with Gasteiger partial charge in [-0.3, -0.25) is 9.78 Å². The summed E-state index contributed by atoms with van der Waals surface area (Å²) >= 11 is 18.1. The highest BCUT2D eigenvalue weighted by atomic mass is 35.5. The maximum Gasteiger partial charge on any atom is 0.307 e. The van der Waals surface area contributed by atoms with Crippen LogP contribution < -0.4 is 0 Å². The molecular weight excluding hydrogens is 309 g/mol. The Morgan fingerprint density at radius 3 is 2.37 bits per heavy atom. The smallest absolute Gasteiger partial charge is 0.307 e. The zero-order valence-electron chi connectivity index (χ0n) is 9.53. The molecule has 0 atom stereocenters. The van der Waals surface area contributed by atoms with Crippen molar-refractivity contribution in [1.82, 2.24) is 4.98 Å². The molecule has 0 aliphatic heterocycles. The van der Waals surface area contributed by atoms with Crippen LogP contribution in [0.25, 0.3) is 11.3 Å². The number of carboxylic acids is 1. The van der Waals surface area contributed by atoms with Gasteiger partial charge < -0.3 is 5.11 Å². The average molecular weight is 317 g/mol. The zero-order valence-corrected chi connectivity index (χ0v) is 11.8. The van der Waals surface area contributed by atoms with E-state index in [-0.39, 0.29) is 6.42 Å². The van der Waals surface area contributed by atoms with Gasteiger partial charge in [0.05, 0.1) is 27.2 Å². The number of benzene rings is 1.